The predicted octanol–water partition coefficient (Wildman–Crippen LogP) is 3.48. The zero-order chi connectivity index (χ0) is 19.9. The van der Waals surface area contributed by atoms with Crippen molar-refractivity contribution in [3.8, 4) is 5.75 Å². The number of carbonyl (C=O) groups excluding carboxylic acids is 1. The molecule has 3 N–H and O–H groups in total. The molecule has 1 saturated carbocycles. The fourth-order valence-electron chi connectivity index (χ4n) is 2.82. The number of nitrogens with one attached hydrogen (secondary N) is 2. The standard InChI is InChI=1S/C20H17F2N3O3/c1-28-18-8-11(2-4-13(18)21)3-5-15-12-9-17(14(22)10-16(12)25-24-15)23-19(26)20(27)6-7-20/h2-5,8-10,27H,6-7H2,1H3,(H,23,26)(H,24,25)/b5-3+. The number of carbonyl (C=O) groups is 1. The molecule has 1 amide bonds. The number of anilines is 1. The third-order valence-corrected chi connectivity index (χ3v) is 4.68. The van der Waals surface area contributed by atoms with Gasteiger partial charge in [0.25, 0.3) is 5.91 Å². The van der Waals surface area contributed by atoms with E-state index in [0.717, 1.165) is 0 Å². The van der Waals surface area contributed by atoms with Gasteiger partial charge in [0.15, 0.2) is 11.6 Å². The minimum atomic E-state index is -1.40. The zero-order valence-electron chi connectivity index (χ0n) is 14.9. The van der Waals surface area contributed by atoms with Gasteiger partial charge in [0.2, 0.25) is 0 Å². The maximum atomic E-state index is 14.3. The van der Waals surface area contributed by atoms with Crippen molar-refractivity contribution in [2.45, 2.75) is 18.4 Å². The lowest BCUT2D eigenvalue weighted by Crippen LogP contribution is -2.29. The number of hydrogen-bond acceptors (Lipinski definition) is 4. The molecule has 1 heterocycles. The number of aromatic nitrogens is 2. The Morgan fingerprint density at radius 1 is 1.25 bits per heavy atom. The summed E-state index contributed by atoms with van der Waals surface area (Å²) in [5.74, 6) is -1.59. The van der Waals surface area contributed by atoms with Crippen LogP contribution in [0.5, 0.6) is 5.75 Å². The number of hydrogen-bond donors (Lipinski definition) is 3. The topological polar surface area (TPSA) is 87.2 Å². The molecule has 0 aliphatic heterocycles. The molecule has 3 aromatic rings. The quantitative estimate of drug-likeness (QED) is 0.628. The lowest BCUT2D eigenvalue weighted by molar-refractivity contribution is -0.125. The molecule has 0 unspecified atom stereocenters. The normalized spacial score (nSPS) is 15.1. The van der Waals surface area contributed by atoms with Gasteiger partial charge in [-0.1, -0.05) is 12.1 Å². The van der Waals surface area contributed by atoms with Crippen molar-refractivity contribution in [3.63, 3.8) is 0 Å². The molecule has 0 radical (unpaired) electrons. The third-order valence-electron chi connectivity index (χ3n) is 4.68. The van der Waals surface area contributed by atoms with E-state index in [-0.39, 0.29) is 11.4 Å². The molecular formula is C20H17F2N3O3. The number of fused-ring (bicyclic) bond motifs is 1. The van der Waals surface area contributed by atoms with Crippen molar-refractivity contribution in [2.24, 2.45) is 0 Å². The Kier molecular flexibility index (Phi) is 4.35. The minimum absolute atomic E-state index is 0.0303. The highest BCUT2D eigenvalue weighted by Crippen LogP contribution is 2.36. The molecule has 0 spiro atoms. The van der Waals surface area contributed by atoms with Crippen molar-refractivity contribution in [3.05, 3.63) is 53.2 Å². The number of aromatic amines is 1. The Hall–Kier alpha value is -3.26. The number of amides is 1. The second kappa shape index (κ2) is 6.72. The minimum Gasteiger partial charge on any atom is -0.494 e. The molecule has 1 aromatic heterocycles. The molecule has 4 rings (SSSR count). The summed E-state index contributed by atoms with van der Waals surface area (Å²) in [4.78, 5) is 12.0. The van der Waals surface area contributed by atoms with Crippen molar-refractivity contribution >= 4 is 34.6 Å². The van der Waals surface area contributed by atoms with Crippen molar-refractivity contribution in [1.29, 1.82) is 0 Å². The summed E-state index contributed by atoms with van der Waals surface area (Å²) < 4.78 is 32.7. The van der Waals surface area contributed by atoms with E-state index in [2.05, 4.69) is 15.5 Å². The first-order valence-corrected chi connectivity index (χ1v) is 8.63. The number of benzene rings is 2. The third kappa shape index (κ3) is 3.34. The Balaban J connectivity index is 1.64. The number of ether oxygens (including phenoxy) is 1. The van der Waals surface area contributed by atoms with E-state index in [9.17, 15) is 18.7 Å². The van der Waals surface area contributed by atoms with Gasteiger partial charge in [-0.05, 0) is 42.7 Å². The lowest BCUT2D eigenvalue weighted by Gasteiger charge is -2.10. The van der Waals surface area contributed by atoms with Crippen LogP contribution in [0.15, 0.2) is 30.3 Å². The molecular weight excluding hydrogens is 368 g/mol. The number of aliphatic hydroxyl groups is 1. The molecule has 0 atom stereocenters. The second-order valence-corrected chi connectivity index (χ2v) is 6.70. The first-order chi connectivity index (χ1) is 13.4. The number of methoxy groups -OCH3 is 1. The second-order valence-electron chi connectivity index (χ2n) is 6.70. The summed E-state index contributed by atoms with van der Waals surface area (Å²) in [7, 11) is 1.38. The van der Waals surface area contributed by atoms with E-state index in [1.54, 1.807) is 24.3 Å². The largest absolute Gasteiger partial charge is 0.494 e. The number of rotatable bonds is 5. The molecule has 6 nitrogen and oxygen atoms in total. The van der Waals surface area contributed by atoms with Crippen LogP contribution in [0.4, 0.5) is 14.5 Å². The van der Waals surface area contributed by atoms with Gasteiger partial charge in [-0.2, -0.15) is 5.10 Å². The van der Waals surface area contributed by atoms with E-state index < -0.39 is 23.1 Å². The summed E-state index contributed by atoms with van der Waals surface area (Å²) in [5.41, 5.74) is 0.233. The molecule has 1 fully saturated rings. The van der Waals surface area contributed by atoms with Crippen molar-refractivity contribution in [2.75, 3.05) is 12.4 Å². The highest BCUT2D eigenvalue weighted by Gasteiger charge is 2.48. The van der Waals surface area contributed by atoms with E-state index in [1.165, 1.54) is 25.3 Å². The van der Waals surface area contributed by atoms with Crippen molar-refractivity contribution in [1.82, 2.24) is 10.2 Å². The molecule has 0 saturated heterocycles. The van der Waals surface area contributed by atoms with Crippen LogP contribution >= 0.6 is 0 Å². The summed E-state index contributed by atoms with van der Waals surface area (Å²) >= 11 is 0. The lowest BCUT2D eigenvalue weighted by atomic mass is 10.1. The first kappa shape index (κ1) is 18.1. The highest BCUT2D eigenvalue weighted by atomic mass is 19.1. The molecule has 2 aromatic carbocycles. The van der Waals surface area contributed by atoms with Crippen LogP contribution in [0.1, 0.15) is 24.1 Å². The predicted molar refractivity (Wildman–Crippen MR) is 101 cm³/mol. The van der Waals surface area contributed by atoms with Gasteiger partial charge in [0.05, 0.1) is 24.0 Å². The molecule has 28 heavy (non-hydrogen) atoms. The van der Waals surface area contributed by atoms with Crippen LogP contribution < -0.4 is 10.1 Å². The summed E-state index contributed by atoms with van der Waals surface area (Å²) in [5, 5.41) is 19.7. The van der Waals surface area contributed by atoms with Gasteiger partial charge in [-0.3, -0.25) is 9.89 Å². The van der Waals surface area contributed by atoms with Crippen LogP contribution in [0, 0.1) is 11.6 Å². The van der Waals surface area contributed by atoms with Gasteiger partial charge in [0.1, 0.15) is 11.4 Å². The molecule has 1 aliphatic carbocycles. The highest BCUT2D eigenvalue weighted by molar-refractivity contribution is 6.01. The smallest absolute Gasteiger partial charge is 0.256 e. The Morgan fingerprint density at radius 3 is 2.75 bits per heavy atom. The van der Waals surface area contributed by atoms with E-state index in [4.69, 9.17) is 4.74 Å². The van der Waals surface area contributed by atoms with E-state index in [0.29, 0.717) is 35.0 Å². The van der Waals surface area contributed by atoms with Crippen LogP contribution in [0.3, 0.4) is 0 Å². The molecule has 1 aliphatic rings. The molecule has 8 heteroatoms. The zero-order valence-corrected chi connectivity index (χ0v) is 14.9. The van der Waals surface area contributed by atoms with Crippen molar-refractivity contribution < 1.29 is 23.4 Å². The Bertz CT molecular complexity index is 1100. The van der Waals surface area contributed by atoms with Gasteiger partial charge in [0, 0.05) is 11.5 Å². The monoisotopic (exact) mass is 385 g/mol. The van der Waals surface area contributed by atoms with Crippen LogP contribution in [-0.2, 0) is 4.79 Å². The van der Waals surface area contributed by atoms with E-state index >= 15 is 0 Å². The van der Waals surface area contributed by atoms with Crippen LogP contribution in [0.2, 0.25) is 0 Å². The van der Waals surface area contributed by atoms with Crippen LogP contribution in [0.25, 0.3) is 23.1 Å². The first-order valence-electron chi connectivity index (χ1n) is 8.63. The number of nitrogens with zero attached hydrogens (tertiary/aromatic N) is 1. The number of halogens is 2. The van der Waals surface area contributed by atoms with Crippen LogP contribution in [-0.4, -0.2) is 33.9 Å². The van der Waals surface area contributed by atoms with E-state index in [1.807, 2.05) is 0 Å². The Morgan fingerprint density at radius 2 is 2.04 bits per heavy atom. The summed E-state index contributed by atoms with van der Waals surface area (Å²) in [6.45, 7) is 0. The maximum Gasteiger partial charge on any atom is 0.256 e. The summed E-state index contributed by atoms with van der Waals surface area (Å²) in [6.07, 6.45) is 4.13. The fraction of sp³-hybridized carbons (Fsp3) is 0.200. The Labute approximate surface area is 158 Å². The summed E-state index contributed by atoms with van der Waals surface area (Å²) in [6, 6.07) is 7.12. The average molecular weight is 385 g/mol. The fourth-order valence-corrected chi connectivity index (χ4v) is 2.82. The van der Waals surface area contributed by atoms with Gasteiger partial charge >= 0.3 is 0 Å². The van der Waals surface area contributed by atoms with Gasteiger partial charge in [-0.25, -0.2) is 8.78 Å². The SMILES string of the molecule is COc1cc(/C=C/c2n[nH]c3cc(F)c(NC(=O)C4(O)CC4)cc23)ccc1F. The number of H-pyrrole nitrogens is 1. The molecule has 0 bridgehead atoms. The average Bonchev–Trinajstić information content (AvgIpc) is 3.32. The van der Waals surface area contributed by atoms with Gasteiger partial charge in [-0.15, -0.1) is 0 Å². The van der Waals surface area contributed by atoms with Gasteiger partial charge < -0.3 is 15.2 Å². The maximum absolute atomic E-state index is 14.3. The molecule has 144 valence electrons.